The Morgan fingerprint density at radius 3 is 2.75 bits per heavy atom. The predicted molar refractivity (Wildman–Crippen MR) is 66.1 cm³/mol. The van der Waals surface area contributed by atoms with Crippen molar-refractivity contribution in [1.82, 2.24) is 15.1 Å². The Bertz CT molecular complexity index is 354. The predicted octanol–water partition coefficient (Wildman–Crippen LogP) is 2.51. The monoisotopic (exact) mass is 221 g/mol. The standard InChI is InChI=1S/C13H23N3/c1-13(2)8-5-6-10(13)12(14-3)11-7-9-16(4)15-11/h7,9-10,12,14H,5-6,8H2,1-4H3. The van der Waals surface area contributed by atoms with Crippen LogP contribution in [-0.4, -0.2) is 16.8 Å². The van der Waals surface area contributed by atoms with Crippen LogP contribution in [-0.2, 0) is 7.05 Å². The summed E-state index contributed by atoms with van der Waals surface area (Å²) in [6.07, 6.45) is 6.03. The van der Waals surface area contributed by atoms with E-state index in [-0.39, 0.29) is 0 Å². The number of rotatable bonds is 3. The Morgan fingerprint density at radius 1 is 1.56 bits per heavy atom. The molecule has 90 valence electrons. The van der Waals surface area contributed by atoms with E-state index in [9.17, 15) is 0 Å². The number of nitrogens with one attached hydrogen (secondary N) is 1. The van der Waals surface area contributed by atoms with E-state index in [1.54, 1.807) is 0 Å². The summed E-state index contributed by atoms with van der Waals surface area (Å²) in [7, 11) is 4.03. The highest BCUT2D eigenvalue weighted by Crippen LogP contribution is 2.48. The SMILES string of the molecule is CNC(c1ccn(C)n1)C1CCCC1(C)C. The molecule has 2 unspecified atom stereocenters. The Kier molecular flexibility index (Phi) is 3.06. The lowest BCUT2D eigenvalue weighted by atomic mass is 9.76. The van der Waals surface area contributed by atoms with E-state index < -0.39 is 0 Å². The molecule has 3 nitrogen and oxygen atoms in total. The van der Waals surface area contributed by atoms with Crippen molar-refractivity contribution in [3.63, 3.8) is 0 Å². The van der Waals surface area contributed by atoms with Crippen LogP contribution in [0.25, 0.3) is 0 Å². The summed E-state index contributed by atoms with van der Waals surface area (Å²) in [6, 6.07) is 2.54. The van der Waals surface area contributed by atoms with Crippen molar-refractivity contribution in [3.8, 4) is 0 Å². The van der Waals surface area contributed by atoms with E-state index in [2.05, 4.69) is 30.3 Å². The molecule has 3 heteroatoms. The van der Waals surface area contributed by atoms with Crippen LogP contribution in [0.2, 0.25) is 0 Å². The molecule has 1 N–H and O–H groups in total. The highest BCUT2D eigenvalue weighted by Gasteiger charge is 2.40. The molecule has 1 aromatic heterocycles. The summed E-state index contributed by atoms with van der Waals surface area (Å²) in [4.78, 5) is 0. The first-order valence-corrected chi connectivity index (χ1v) is 6.21. The van der Waals surface area contributed by atoms with Gasteiger partial charge in [-0.2, -0.15) is 5.10 Å². The van der Waals surface area contributed by atoms with Gasteiger partial charge in [-0.25, -0.2) is 0 Å². The zero-order valence-electron chi connectivity index (χ0n) is 10.8. The van der Waals surface area contributed by atoms with E-state index in [1.165, 1.54) is 25.0 Å². The molecule has 0 saturated heterocycles. The van der Waals surface area contributed by atoms with Gasteiger partial charge in [-0.15, -0.1) is 0 Å². The topological polar surface area (TPSA) is 29.9 Å². The highest BCUT2D eigenvalue weighted by atomic mass is 15.3. The molecule has 16 heavy (non-hydrogen) atoms. The van der Waals surface area contributed by atoms with Crippen LogP contribution in [0, 0.1) is 11.3 Å². The summed E-state index contributed by atoms with van der Waals surface area (Å²) in [6.45, 7) is 4.77. The van der Waals surface area contributed by atoms with Crippen LogP contribution in [0.4, 0.5) is 0 Å². The van der Waals surface area contributed by atoms with Gasteiger partial charge < -0.3 is 5.32 Å². The molecule has 0 aromatic carbocycles. The number of hydrogen-bond acceptors (Lipinski definition) is 2. The smallest absolute Gasteiger partial charge is 0.0796 e. The summed E-state index contributed by atoms with van der Waals surface area (Å²) < 4.78 is 1.89. The van der Waals surface area contributed by atoms with Crippen LogP contribution >= 0.6 is 0 Å². The van der Waals surface area contributed by atoms with E-state index in [0.717, 1.165) is 0 Å². The molecule has 1 aliphatic carbocycles. The summed E-state index contributed by atoms with van der Waals surface area (Å²) in [5, 5.41) is 8.00. The second kappa shape index (κ2) is 4.21. The molecule has 1 heterocycles. The van der Waals surface area contributed by atoms with Gasteiger partial charge >= 0.3 is 0 Å². The van der Waals surface area contributed by atoms with Crippen molar-refractivity contribution in [3.05, 3.63) is 18.0 Å². The van der Waals surface area contributed by atoms with Crippen LogP contribution < -0.4 is 5.32 Å². The molecule has 1 aromatic rings. The van der Waals surface area contributed by atoms with Gasteiger partial charge in [0.2, 0.25) is 0 Å². The molecule has 0 amide bonds. The Morgan fingerprint density at radius 2 is 2.31 bits per heavy atom. The van der Waals surface area contributed by atoms with E-state index in [1.807, 2.05) is 25.0 Å². The largest absolute Gasteiger partial charge is 0.311 e. The second-order valence-corrected chi connectivity index (χ2v) is 5.67. The lowest BCUT2D eigenvalue weighted by Crippen LogP contribution is -2.32. The maximum Gasteiger partial charge on any atom is 0.0796 e. The minimum atomic E-state index is 0.402. The van der Waals surface area contributed by atoms with E-state index >= 15 is 0 Å². The van der Waals surface area contributed by atoms with Gasteiger partial charge in [0.05, 0.1) is 11.7 Å². The van der Waals surface area contributed by atoms with Crippen molar-refractivity contribution in [1.29, 1.82) is 0 Å². The number of nitrogens with zero attached hydrogens (tertiary/aromatic N) is 2. The zero-order chi connectivity index (χ0) is 11.8. The van der Waals surface area contributed by atoms with Crippen molar-refractivity contribution in [2.45, 2.75) is 39.2 Å². The fourth-order valence-electron chi connectivity index (χ4n) is 3.13. The van der Waals surface area contributed by atoms with Gasteiger partial charge in [0.25, 0.3) is 0 Å². The fourth-order valence-corrected chi connectivity index (χ4v) is 3.13. The van der Waals surface area contributed by atoms with Crippen LogP contribution in [0.3, 0.4) is 0 Å². The maximum absolute atomic E-state index is 4.55. The van der Waals surface area contributed by atoms with Gasteiger partial charge in [-0.1, -0.05) is 20.3 Å². The Balaban J connectivity index is 2.23. The molecular formula is C13H23N3. The van der Waals surface area contributed by atoms with Gasteiger partial charge in [0.1, 0.15) is 0 Å². The molecule has 1 saturated carbocycles. The van der Waals surface area contributed by atoms with E-state index in [4.69, 9.17) is 0 Å². The minimum Gasteiger partial charge on any atom is -0.311 e. The molecule has 2 rings (SSSR count). The zero-order valence-corrected chi connectivity index (χ0v) is 10.8. The first-order valence-electron chi connectivity index (χ1n) is 6.21. The molecule has 0 spiro atoms. The van der Waals surface area contributed by atoms with Gasteiger partial charge in [-0.3, -0.25) is 4.68 Å². The first-order chi connectivity index (χ1) is 7.54. The lowest BCUT2D eigenvalue weighted by molar-refractivity contribution is 0.200. The molecule has 0 aliphatic heterocycles. The third-order valence-corrected chi connectivity index (χ3v) is 4.11. The van der Waals surface area contributed by atoms with Crippen LogP contribution in [0.5, 0.6) is 0 Å². The molecule has 1 fully saturated rings. The van der Waals surface area contributed by atoms with Gasteiger partial charge in [0, 0.05) is 13.2 Å². The maximum atomic E-state index is 4.55. The average molecular weight is 221 g/mol. The first kappa shape index (κ1) is 11.6. The normalized spacial score (nSPS) is 25.9. The molecule has 0 bridgehead atoms. The summed E-state index contributed by atoms with van der Waals surface area (Å²) >= 11 is 0. The molecular weight excluding hydrogens is 198 g/mol. The highest BCUT2D eigenvalue weighted by molar-refractivity contribution is 5.09. The Labute approximate surface area is 98.2 Å². The minimum absolute atomic E-state index is 0.402. The third-order valence-electron chi connectivity index (χ3n) is 4.11. The quantitative estimate of drug-likeness (QED) is 0.850. The number of hydrogen-bond donors (Lipinski definition) is 1. The molecule has 2 atom stereocenters. The van der Waals surface area contributed by atoms with E-state index in [0.29, 0.717) is 17.4 Å². The fraction of sp³-hybridized carbons (Fsp3) is 0.769. The second-order valence-electron chi connectivity index (χ2n) is 5.67. The summed E-state index contributed by atoms with van der Waals surface area (Å²) in [5.41, 5.74) is 1.62. The Hall–Kier alpha value is -0.830. The van der Waals surface area contributed by atoms with Crippen molar-refractivity contribution in [2.24, 2.45) is 18.4 Å². The molecule has 1 aliphatic rings. The average Bonchev–Trinajstić information content (AvgIpc) is 2.76. The summed E-state index contributed by atoms with van der Waals surface area (Å²) in [5.74, 6) is 0.701. The third kappa shape index (κ3) is 2.01. The van der Waals surface area contributed by atoms with Crippen LogP contribution in [0.1, 0.15) is 44.8 Å². The van der Waals surface area contributed by atoms with Crippen molar-refractivity contribution < 1.29 is 0 Å². The van der Waals surface area contributed by atoms with Crippen molar-refractivity contribution in [2.75, 3.05) is 7.05 Å². The van der Waals surface area contributed by atoms with Crippen molar-refractivity contribution >= 4 is 0 Å². The molecule has 0 radical (unpaired) electrons. The number of aromatic nitrogens is 2. The van der Waals surface area contributed by atoms with Gasteiger partial charge in [-0.05, 0) is 37.3 Å². The number of aryl methyl sites for hydroxylation is 1. The van der Waals surface area contributed by atoms with Gasteiger partial charge in [0.15, 0.2) is 0 Å². The lowest BCUT2D eigenvalue weighted by Gasteiger charge is -2.33. The van der Waals surface area contributed by atoms with Crippen LogP contribution in [0.15, 0.2) is 12.3 Å².